The van der Waals surface area contributed by atoms with Crippen molar-refractivity contribution in [3.8, 4) is 0 Å². The molecule has 0 amide bonds. The number of nitrogens with one attached hydrogen (secondary N) is 1. The molecule has 1 saturated carbocycles. The van der Waals surface area contributed by atoms with Gasteiger partial charge in [-0.25, -0.2) is 0 Å². The second kappa shape index (κ2) is 6.17. The van der Waals surface area contributed by atoms with Crippen molar-refractivity contribution in [2.45, 2.75) is 51.5 Å². The predicted molar refractivity (Wildman–Crippen MR) is 85.7 cm³/mol. The highest BCUT2D eigenvalue weighted by Gasteiger charge is 2.22. The molecule has 0 aromatic carbocycles. The number of nitrogens with zero attached hydrogens (tertiary/aromatic N) is 1. The number of aromatic amines is 1. The Morgan fingerprint density at radius 2 is 2.10 bits per heavy atom. The van der Waals surface area contributed by atoms with Gasteiger partial charge in [-0.3, -0.25) is 0 Å². The van der Waals surface area contributed by atoms with Crippen LogP contribution in [0.1, 0.15) is 45.4 Å². The maximum atomic E-state index is 3.31. The average molecular weight is 272 g/mol. The fourth-order valence-electron chi connectivity index (χ4n) is 3.93. The maximum Gasteiger partial charge on any atom is 0.0410 e. The van der Waals surface area contributed by atoms with Crippen LogP contribution in [-0.2, 0) is 0 Å². The second-order valence-electron chi connectivity index (χ2n) is 6.83. The van der Waals surface area contributed by atoms with Gasteiger partial charge in [0.05, 0.1) is 0 Å². The zero-order valence-electron chi connectivity index (χ0n) is 12.9. The molecule has 20 heavy (non-hydrogen) atoms. The summed E-state index contributed by atoms with van der Waals surface area (Å²) in [4.78, 5) is 5.94. The summed E-state index contributed by atoms with van der Waals surface area (Å²) in [6.45, 7) is 3.66. The lowest BCUT2D eigenvalue weighted by Crippen LogP contribution is -2.39. The molecule has 0 bridgehead atoms. The SMILES string of the molecule is CC(CN(C)C1CCCCC1)C1C=c2cc[nH]c2=CC1. The zero-order chi connectivity index (χ0) is 13.9. The number of rotatable bonds is 4. The van der Waals surface area contributed by atoms with Gasteiger partial charge >= 0.3 is 0 Å². The largest absolute Gasteiger partial charge is 0.361 e. The molecule has 2 aliphatic carbocycles. The second-order valence-corrected chi connectivity index (χ2v) is 6.83. The number of fused-ring (bicyclic) bond motifs is 1. The number of aromatic nitrogens is 1. The zero-order valence-corrected chi connectivity index (χ0v) is 12.9. The molecule has 1 aromatic rings. The summed E-state index contributed by atoms with van der Waals surface area (Å²) in [6.07, 6.45) is 15.2. The van der Waals surface area contributed by atoms with Crippen molar-refractivity contribution in [3.05, 3.63) is 22.8 Å². The first kappa shape index (κ1) is 13.9. The van der Waals surface area contributed by atoms with Crippen molar-refractivity contribution in [2.24, 2.45) is 11.8 Å². The minimum Gasteiger partial charge on any atom is -0.361 e. The number of hydrogen-bond donors (Lipinski definition) is 1. The maximum absolute atomic E-state index is 3.31. The van der Waals surface area contributed by atoms with Crippen LogP contribution in [0.4, 0.5) is 0 Å². The summed E-state index contributed by atoms with van der Waals surface area (Å²) in [5.74, 6) is 1.44. The quantitative estimate of drug-likeness (QED) is 0.892. The molecule has 1 N–H and O–H groups in total. The lowest BCUT2D eigenvalue weighted by atomic mass is 9.86. The Morgan fingerprint density at radius 3 is 2.90 bits per heavy atom. The molecule has 2 atom stereocenters. The summed E-state index contributed by atoms with van der Waals surface area (Å²) in [7, 11) is 2.33. The molecular weight excluding hydrogens is 244 g/mol. The molecule has 0 radical (unpaired) electrons. The lowest BCUT2D eigenvalue weighted by molar-refractivity contribution is 0.160. The Bertz CT molecular complexity index is 536. The van der Waals surface area contributed by atoms with Gasteiger partial charge in [0.1, 0.15) is 0 Å². The Morgan fingerprint density at radius 1 is 1.30 bits per heavy atom. The third-order valence-corrected chi connectivity index (χ3v) is 5.31. The van der Waals surface area contributed by atoms with E-state index < -0.39 is 0 Å². The minimum atomic E-state index is 0.698. The van der Waals surface area contributed by atoms with E-state index in [9.17, 15) is 0 Å². The molecule has 2 heteroatoms. The molecule has 110 valence electrons. The van der Waals surface area contributed by atoms with Crippen LogP contribution < -0.4 is 10.6 Å². The fourth-order valence-corrected chi connectivity index (χ4v) is 3.93. The summed E-state index contributed by atoms with van der Waals surface area (Å²) in [5, 5.41) is 2.71. The van der Waals surface area contributed by atoms with Gasteiger partial charge in [0.25, 0.3) is 0 Å². The van der Waals surface area contributed by atoms with E-state index in [1.54, 1.807) is 0 Å². The average Bonchev–Trinajstić information content (AvgIpc) is 2.95. The topological polar surface area (TPSA) is 19.0 Å². The van der Waals surface area contributed by atoms with Crippen LogP contribution in [0.2, 0.25) is 0 Å². The van der Waals surface area contributed by atoms with E-state index in [-0.39, 0.29) is 0 Å². The first-order valence-electron chi connectivity index (χ1n) is 8.29. The molecule has 0 saturated heterocycles. The van der Waals surface area contributed by atoms with Crippen molar-refractivity contribution in [1.29, 1.82) is 0 Å². The van der Waals surface area contributed by atoms with E-state index in [0.29, 0.717) is 5.92 Å². The van der Waals surface area contributed by atoms with E-state index in [2.05, 4.69) is 48.3 Å². The van der Waals surface area contributed by atoms with Gasteiger partial charge in [0.15, 0.2) is 0 Å². The van der Waals surface area contributed by atoms with Crippen molar-refractivity contribution in [2.75, 3.05) is 13.6 Å². The van der Waals surface area contributed by atoms with Crippen molar-refractivity contribution < 1.29 is 0 Å². The van der Waals surface area contributed by atoms with Crippen LogP contribution in [0.3, 0.4) is 0 Å². The molecular formula is C18H28N2. The van der Waals surface area contributed by atoms with Crippen LogP contribution in [0.25, 0.3) is 12.2 Å². The van der Waals surface area contributed by atoms with Gasteiger partial charge in [0.2, 0.25) is 0 Å². The fraction of sp³-hybridized carbons (Fsp3) is 0.667. The van der Waals surface area contributed by atoms with Crippen LogP contribution in [-0.4, -0.2) is 29.5 Å². The summed E-state index contributed by atoms with van der Waals surface area (Å²) < 4.78 is 0. The van der Waals surface area contributed by atoms with E-state index in [1.807, 2.05) is 0 Å². The molecule has 2 nitrogen and oxygen atoms in total. The summed E-state index contributed by atoms with van der Waals surface area (Å²) in [5.41, 5.74) is 0. The van der Waals surface area contributed by atoms with Crippen molar-refractivity contribution in [1.82, 2.24) is 9.88 Å². The molecule has 1 aromatic heterocycles. The van der Waals surface area contributed by atoms with Gasteiger partial charge < -0.3 is 9.88 Å². The Balaban J connectivity index is 1.60. The van der Waals surface area contributed by atoms with E-state index in [4.69, 9.17) is 0 Å². The molecule has 1 heterocycles. The highest BCUT2D eigenvalue weighted by molar-refractivity contribution is 5.39. The van der Waals surface area contributed by atoms with Gasteiger partial charge in [-0.2, -0.15) is 0 Å². The summed E-state index contributed by atoms with van der Waals surface area (Å²) in [6, 6.07) is 3.04. The molecule has 0 aliphatic heterocycles. The van der Waals surface area contributed by atoms with Gasteiger partial charge in [-0.1, -0.05) is 38.3 Å². The Labute approximate surface area is 122 Å². The predicted octanol–water partition coefficient (Wildman–Crippen LogP) is 2.50. The molecule has 2 unspecified atom stereocenters. The first-order valence-corrected chi connectivity index (χ1v) is 8.29. The molecule has 3 rings (SSSR count). The van der Waals surface area contributed by atoms with E-state index in [0.717, 1.165) is 12.0 Å². The third kappa shape index (κ3) is 3.01. The van der Waals surface area contributed by atoms with Crippen LogP contribution in [0.15, 0.2) is 12.3 Å². The van der Waals surface area contributed by atoms with E-state index >= 15 is 0 Å². The highest BCUT2D eigenvalue weighted by Crippen LogP contribution is 2.25. The molecule has 2 aliphatic rings. The smallest absolute Gasteiger partial charge is 0.0410 e. The normalized spacial score (nSPS) is 24.9. The monoisotopic (exact) mass is 272 g/mol. The lowest BCUT2D eigenvalue weighted by Gasteiger charge is -2.34. The van der Waals surface area contributed by atoms with Crippen molar-refractivity contribution >= 4 is 12.2 Å². The summed E-state index contributed by atoms with van der Waals surface area (Å²) >= 11 is 0. The Kier molecular flexibility index (Phi) is 4.30. The minimum absolute atomic E-state index is 0.698. The van der Waals surface area contributed by atoms with Crippen molar-refractivity contribution in [3.63, 3.8) is 0 Å². The number of hydrogen-bond acceptors (Lipinski definition) is 1. The van der Waals surface area contributed by atoms with Gasteiger partial charge in [0, 0.05) is 24.1 Å². The third-order valence-electron chi connectivity index (χ3n) is 5.31. The first-order chi connectivity index (χ1) is 9.74. The van der Waals surface area contributed by atoms with Crippen LogP contribution in [0, 0.1) is 11.8 Å². The Hall–Kier alpha value is -1.02. The number of H-pyrrole nitrogens is 1. The standard InChI is InChI=1S/C18H28N2/c1-14(13-20(2)17-6-4-3-5-7-17)15-8-9-18-16(12-15)10-11-19-18/h9-12,14-15,17,19H,3-8,13H2,1-2H3. The van der Waals surface area contributed by atoms with Crippen LogP contribution >= 0.6 is 0 Å². The van der Waals surface area contributed by atoms with Gasteiger partial charge in [-0.15, -0.1) is 0 Å². The highest BCUT2D eigenvalue weighted by atomic mass is 15.1. The van der Waals surface area contributed by atoms with E-state index in [1.165, 1.54) is 55.6 Å². The van der Waals surface area contributed by atoms with Gasteiger partial charge in [-0.05, 0) is 49.4 Å². The van der Waals surface area contributed by atoms with Crippen LogP contribution in [0.5, 0.6) is 0 Å². The molecule has 0 spiro atoms. The molecule has 1 fully saturated rings.